The lowest BCUT2D eigenvalue weighted by molar-refractivity contribution is 0.361. The number of benzene rings is 3. The summed E-state index contributed by atoms with van der Waals surface area (Å²) in [7, 11) is -3.88. The van der Waals surface area contributed by atoms with Crippen LogP contribution in [0.2, 0.25) is 0 Å². The molecule has 0 radical (unpaired) electrons. The van der Waals surface area contributed by atoms with Crippen molar-refractivity contribution in [2.24, 2.45) is 0 Å². The van der Waals surface area contributed by atoms with E-state index in [9.17, 15) is 17.6 Å². The van der Waals surface area contributed by atoms with Crippen LogP contribution in [0.5, 0.6) is 11.5 Å². The number of nitrogens with one attached hydrogen (secondary N) is 2. The number of nitrogens with zero attached hydrogens (tertiary/aromatic N) is 3. The number of rotatable bonds is 6. The van der Waals surface area contributed by atoms with E-state index in [1.807, 2.05) is 12.1 Å². The van der Waals surface area contributed by atoms with Gasteiger partial charge in [0.2, 0.25) is 5.95 Å². The monoisotopic (exact) mass is 639 g/mol. The third kappa shape index (κ3) is 5.23. The molecule has 2 unspecified atom stereocenters. The minimum Gasteiger partial charge on any atom is -0.448 e. The Morgan fingerprint density at radius 3 is 2.54 bits per heavy atom. The fourth-order valence-electron chi connectivity index (χ4n) is 6.52. The minimum absolute atomic E-state index is 0.127. The van der Waals surface area contributed by atoms with Crippen molar-refractivity contribution in [3.8, 4) is 11.5 Å². The predicted molar refractivity (Wildman–Crippen MR) is 175 cm³/mol. The predicted octanol–water partition coefficient (Wildman–Crippen LogP) is 6.28. The fourth-order valence-corrected chi connectivity index (χ4v) is 8.39. The maximum Gasteiger partial charge on any atom is 0.295 e. The van der Waals surface area contributed by atoms with Gasteiger partial charge in [0.25, 0.3) is 5.56 Å². The van der Waals surface area contributed by atoms with Crippen molar-refractivity contribution in [2.45, 2.75) is 54.7 Å². The van der Waals surface area contributed by atoms with E-state index in [0.717, 1.165) is 31.6 Å². The molecule has 4 heterocycles. The van der Waals surface area contributed by atoms with Crippen molar-refractivity contribution < 1.29 is 17.5 Å². The van der Waals surface area contributed by atoms with E-state index < -0.39 is 32.0 Å². The Bertz CT molecular complexity index is 2110. The smallest absolute Gasteiger partial charge is 0.295 e. The van der Waals surface area contributed by atoms with Gasteiger partial charge in [0.1, 0.15) is 5.65 Å². The Morgan fingerprint density at radius 2 is 1.78 bits per heavy atom. The number of sulfone groups is 1. The quantitative estimate of drug-likeness (QED) is 0.223. The van der Waals surface area contributed by atoms with Crippen LogP contribution in [0.1, 0.15) is 49.8 Å². The number of halogens is 1. The number of piperidine rings is 1. The number of anilines is 2. The van der Waals surface area contributed by atoms with Crippen molar-refractivity contribution in [3.63, 3.8) is 0 Å². The van der Waals surface area contributed by atoms with Crippen LogP contribution in [0.3, 0.4) is 0 Å². The number of pyridine rings is 1. The number of hydrogen-bond acceptors (Lipinski definition) is 8. The topological polar surface area (TPSA) is 115 Å². The summed E-state index contributed by atoms with van der Waals surface area (Å²) in [4.78, 5) is 23.8. The molecule has 0 saturated carbocycles. The third-order valence-corrected chi connectivity index (χ3v) is 11.8. The van der Waals surface area contributed by atoms with Gasteiger partial charge in [0.05, 0.1) is 15.7 Å². The summed E-state index contributed by atoms with van der Waals surface area (Å²) in [5, 5.41) is 7.12. The van der Waals surface area contributed by atoms with Crippen molar-refractivity contribution in [1.82, 2.24) is 19.9 Å². The Hall–Kier alpha value is -4.61. The molecule has 236 valence electrons. The van der Waals surface area contributed by atoms with Gasteiger partial charge in [-0.25, -0.2) is 17.8 Å². The third-order valence-electron chi connectivity index (χ3n) is 9.21. The van der Waals surface area contributed by atoms with Crippen LogP contribution in [-0.4, -0.2) is 40.8 Å². The van der Waals surface area contributed by atoms with Crippen LogP contribution in [0.15, 0.2) is 94.7 Å². The van der Waals surface area contributed by atoms with Gasteiger partial charge in [-0.1, -0.05) is 42.5 Å². The highest BCUT2D eigenvalue weighted by Gasteiger charge is 2.49. The van der Waals surface area contributed by atoms with Crippen LogP contribution >= 0.6 is 0 Å². The molecule has 2 aliphatic rings. The van der Waals surface area contributed by atoms with Crippen LogP contribution in [-0.2, 0) is 16.3 Å². The van der Waals surface area contributed by atoms with Gasteiger partial charge in [0, 0.05) is 23.8 Å². The van der Waals surface area contributed by atoms with E-state index in [0.29, 0.717) is 16.9 Å². The van der Waals surface area contributed by atoms with Crippen LogP contribution in [0.25, 0.3) is 11.0 Å². The van der Waals surface area contributed by atoms with Crippen LogP contribution < -0.4 is 20.9 Å². The Morgan fingerprint density at radius 1 is 1.02 bits per heavy atom. The van der Waals surface area contributed by atoms with Gasteiger partial charge < -0.3 is 15.4 Å². The van der Waals surface area contributed by atoms with Crippen LogP contribution in [0.4, 0.5) is 16.0 Å². The van der Waals surface area contributed by atoms with Crippen molar-refractivity contribution in [2.75, 3.05) is 18.4 Å². The highest BCUT2D eigenvalue weighted by Crippen LogP contribution is 2.44. The number of ether oxygens (including phenoxy) is 1. The molecule has 2 aliphatic heterocycles. The second kappa shape index (κ2) is 11.6. The van der Waals surface area contributed by atoms with E-state index in [-0.39, 0.29) is 34.4 Å². The molecule has 5 aromatic rings. The molecule has 0 spiro atoms. The molecule has 2 aromatic heterocycles. The highest BCUT2D eigenvalue weighted by atomic mass is 32.2. The molecule has 2 atom stereocenters. The Balaban J connectivity index is 1.34. The van der Waals surface area contributed by atoms with E-state index >= 15 is 0 Å². The van der Waals surface area contributed by atoms with Crippen molar-refractivity contribution in [1.29, 1.82) is 0 Å². The lowest BCUT2D eigenvalue weighted by Crippen LogP contribution is -2.48. The lowest BCUT2D eigenvalue weighted by atomic mass is 9.92. The summed E-state index contributed by atoms with van der Waals surface area (Å²) in [6, 6.07) is 21.4. The zero-order valence-electron chi connectivity index (χ0n) is 25.5. The van der Waals surface area contributed by atoms with E-state index in [1.165, 1.54) is 34.4 Å². The molecule has 7 rings (SSSR count). The second-order valence-corrected chi connectivity index (χ2v) is 14.9. The maximum absolute atomic E-state index is 14.6. The van der Waals surface area contributed by atoms with E-state index in [2.05, 4.69) is 27.8 Å². The molecule has 0 amide bonds. The van der Waals surface area contributed by atoms with Gasteiger partial charge in [-0.2, -0.15) is 4.98 Å². The van der Waals surface area contributed by atoms with Crippen LogP contribution in [0, 0.1) is 5.82 Å². The average molecular weight is 640 g/mol. The Labute approximate surface area is 266 Å². The Kier molecular flexibility index (Phi) is 7.60. The lowest BCUT2D eigenvalue weighted by Gasteiger charge is -2.40. The van der Waals surface area contributed by atoms with Gasteiger partial charge in [-0.15, -0.1) is 0 Å². The fraction of sp³-hybridized carbons (Fsp3) is 0.286. The summed E-state index contributed by atoms with van der Waals surface area (Å²) in [5.41, 5.74) is 2.25. The SMILES string of the molecule is CC1(C)C(n2c(=O)c(Oc3ccccc3F)cc3cnc(Nc4ccc(C5CCCNC5)cc4)nc32)Cc2ccccc2S1(=O)=O. The standard InChI is InChI=1S/C35H34FN5O4S/c1-35(2)31(19-23-8-3-6-12-30(23)46(35,43)44)41-32-25(18-29(33(41)42)45-28-11-5-4-10-27(28)36)21-38-34(40-32)39-26-15-13-22(14-16-26)24-9-7-17-37-20-24/h3-6,8,10-16,18,21,24,31,37H,7,9,17,19-20H2,1-2H3,(H,38,39,40). The van der Waals surface area contributed by atoms with Gasteiger partial charge in [0.15, 0.2) is 27.2 Å². The molecule has 1 saturated heterocycles. The second-order valence-electron chi connectivity index (χ2n) is 12.4. The first-order chi connectivity index (χ1) is 22.1. The molecule has 3 aromatic carbocycles. The summed E-state index contributed by atoms with van der Waals surface area (Å²) < 4.78 is 48.4. The number of fused-ring (bicyclic) bond motifs is 2. The van der Waals surface area contributed by atoms with Gasteiger partial charge in [-0.3, -0.25) is 9.36 Å². The summed E-state index contributed by atoms with van der Waals surface area (Å²) in [5.74, 6) is -0.216. The highest BCUT2D eigenvalue weighted by molar-refractivity contribution is 7.93. The average Bonchev–Trinajstić information content (AvgIpc) is 3.06. The van der Waals surface area contributed by atoms with E-state index in [1.54, 1.807) is 50.4 Å². The largest absolute Gasteiger partial charge is 0.448 e. The molecule has 2 N–H and O–H groups in total. The molecular formula is C35H34FN5O4S. The molecule has 11 heteroatoms. The molecule has 9 nitrogen and oxygen atoms in total. The van der Waals surface area contributed by atoms with Crippen molar-refractivity contribution >= 4 is 32.5 Å². The first-order valence-corrected chi connectivity index (χ1v) is 16.9. The molecular weight excluding hydrogens is 605 g/mol. The molecule has 0 bridgehead atoms. The number of para-hydroxylation sites is 1. The first kappa shape index (κ1) is 30.1. The zero-order chi connectivity index (χ0) is 32.1. The normalized spacial score (nSPS) is 20.2. The minimum atomic E-state index is -3.88. The summed E-state index contributed by atoms with van der Waals surface area (Å²) in [6.07, 6.45) is 4.10. The summed E-state index contributed by atoms with van der Waals surface area (Å²) >= 11 is 0. The number of aromatic nitrogens is 3. The number of hydrogen-bond donors (Lipinski definition) is 2. The first-order valence-electron chi connectivity index (χ1n) is 15.4. The molecule has 0 aliphatic carbocycles. The molecule has 1 fully saturated rings. The van der Waals surface area contributed by atoms with Gasteiger partial charge >= 0.3 is 0 Å². The summed E-state index contributed by atoms with van der Waals surface area (Å²) in [6.45, 7) is 5.25. The van der Waals surface area contributed by atoms with Gasteiger partial charge in [-0.05, 0) is 93.1 Å². The maximum atomic E-state index is 14.6. The molecule has 46 heavy (non-hydrogen) atoms. The van der Waals surface area contributed by atoms with E-state index in [4.69, 9.17) is 9.72 Å². The van der Waals surface area contributed by atoms with Crippen molar-refractivity contribution in [3.05, 3.63) is 112 Å². The zero-order valence-corrected chi connectivity index (χ0v) is 26.4.